The van der Waals surface area contributed by atoms with E-state index in [1.807, 2.05) is 17.0 Å². The van der Waals surface area contributed by atoms with Gasteiger partial charge in [-0.1, -0.05) is 44.0 Å². The Bertz CT molecular complexity index is 1230. The Hall–Kier alpha value is -3.24. The van der Waals surface area contributed by atoms with Crippen molar-refractivity contribution in [2.75, 3.05) is 0 Å². The number of terminal acetylenes is 1. The Morgan fingerprint density at radius 2 is 1.76 bits per heavy atom. The Labute approximate surface area is 221 Å². The second kappa shape index (κ2) is 9.57. The summed E-state index contributed by atoms with van der Waals surface area (Å²) in [4.78, 5) is 15.1. The summed E-state index contributed by atoms with van der Waals surface area (Å²) in [5.74, 6) is 5.48. The summed E-state index contributed by atoms with van der Waals surface area (Å²) in [6, 6.07) is 16.2. The number of hydrogen-bond acceptors (Lipinski definition) is 3. The van der Waals surface area contributed by atoms with Gasteiger partial charge in [0.05, 0.1) is 17.7 Å². The van der Waals surface area contributed by atoms with Crippen LogP contribution in [0.2, 0.25) is 0 Å². The molecule has 2 aromatic rings. The van der Waals surface area contributed by atoms with Gasteiger partial charge in [0.25, 0.3) is 5.91 Å². The lowest BCUT2D eigenvalue weighted by molar-refractivity contribution is -0.130. The molecular formula is C33H36N2O2. The fraction of sp³-hybridized carbons (Fsp3) is 0.515. The first-order valence-corrected chi connectivity index (χ1v) is 14.1. The van der Waals surface area contributed by atoms with Crippen LogP contribution in [0.15, 0.2) is 42.5 Å². The molecule has 1 amide bonds. The molecule has 4 nitrogen and oxygen atoms in total. The summed E-state index contributed by atoms with van der Waals surface area (Å²) in [7, 11) is 0. The van der Waals surface area contributed by atoms with Gasteiger partial charge < -0.3 is 9.64 Å². The number of hydrogen-bond donors (Lipinski definition) is 0. The van der Waals surface area contributed by atoms with Crippen molar-refractivity contribution in [3.05, 3.63) is 64.7 Å². The van der Waals surface area contributed by atoms with Gasteiger partial charge in [-0.2, -0.15) is 5.26 Å². The largest absolute Gasteiger partial charge is 0.487 e. The number of fused-ring (bicyclic) bond motifs is 1. The quantitative estimate of drug-likeness (QED) is 0.429. The number of rotatable bonds is 6. The van der Waals surface area contributed by atoms with Gasteiger partial charge in [0.15, 0.2) is 0 Å². The number of unbranched alkanes of at least 4 members (excludes halogenated alkanes) is 1. The molecule has 4 bridgehead atoms. The molecule has 37 heavy (non-hydrogen) atoms. The van der Waals surface area contributed by atoms with E-state index in [1.54, 1.807) is 0 Å². The maximum Gasteiger partial charge on any atom is 0.299 e. The number of carbonyl (C=O) groups is 1. The molecule has 0 N–H and O–H groups in total. The summed E-state index contributed by atoms with van der Waals surface area (Å²) < 4.78 is 6.78. The van der Waals surface area contributed by atoms with E-state index < -0.39 is 0 Å². The summed E-state index contributed by atoms with van der Waals surface area (Å²) >= 11 is 0. The van der Waals surface area contributed by atoms with Crippen LogP contribution in [0, 0.1) is 41.4 Å². The SMILES string of the molecule is C#CC(=O)N1C(c2ccc(OC34CC5CC(CC(C5)C3)C4)cc2)c2c(C#N)cccc2C[C@@H]1CCCC. The second-order valence-corrected chi connectivity index (χ2v) is 12.0. The molecule has 0 spiro atoms. The zero-order chi connectivity index (χ0) is 25.6. The van der Waals surface area contributed by atoms with E-state index in [2.05, 4.69) is 49.2 Å². The van der Waals surface area contributed by atoms with Gasteiger partial charge in [-0.25, -0.2) is 0 Å². The fourth-order valence-corrected chi connectivity index (χ4v) is 8.40. The van der Waals surface area contributed by atoms with Crippen molar-refractivity contribution >= 4 is 5.91 Å². The third kappa shape index (κ3) is 4.31. The minimum absolute atomic E-state index is 0.00159. The van der Waals surface area contributed by atoms with Gasteiger partial charge in [-0.15, -0.1) is 6.42 Å². The topological polar surface area (TPSA) is 53.3 Å². The van der Waals surface area contributed by atoms with Crippen LogP contribution in [0.5, 0.6) is 5.75 Å². The molecule has 0 radical (unpaired) electrons. The van der Waals surface area contributed by atoms with Crippen molar-refractivity contribution in [2.45, 2.75) is 88.8 Å². The molecule has 2 atom stereocenters. The maximum atomic E-state index is 13.2. The van der Waals surface area contributed by atoms with E-state index in [0.717, 1.165) is 65.9 Å². The van der Waals surface area contributed by atoms with Crippen molar-refractivity contribution in [1.29, 1.82) is 5.26 Å². The van der Waals surface area contributed by atoms with Gasteiger partial charge in [-0.3, -0.25) is 4.79 Å². The van der Waals surface area contributed by atoms with Crippen LogP contribution in [-0.4, -0.2) is 22.4 Å². The predicted octanol–water partition coefficient (Wildman–Crippen LogP) is 6.57. The number of nitrogens with zero attached hydrogens (tertiary/aromatic N) is 2. The molecule has 1 heterocycles. The Morgan fingerprint density at radius 3 is 2.35 bits per heavy atom. The minimum Gasteiger partial charge on any atom is -0.487 e. The zero-order valence-electron chi connectivity index (χ0n) is 21.8. The molecule has 1 unspecified atom stereocenters. The summed E-state index contributed by atoms with van der Waals surface area (Å²) in [5.41, 5.74) is 3.64. The molecule has 5 aliphatic rings. The Kier molecular flexibility index (Phi) is 6.24. The monoisotopic (exact) mass is 492 g/mol. The molecule has 2 aromatic carbocycles. The predicted molar refractivity (Wildman–Crippen MR) is 144 cm³/mol. The molecule has 4 fully saturated rings. The average molecular weight is 493 g/mol. The zero-order valence-corrected chi connectivity index (χ0v) is 21.8. The molecule has 1 aliphatic heterocycles. The minimum atomic E-state index is -0.376. The van der Waals surface area contributed by atoms with Crippen LogP contribution in [0.1, 0.15) is 93.0 Å². The van der Waals surface area contributed by atoms with Crippen LogP contribution in [0.4, 0.5) is 0 Å². The van der Waals surface area contributed by atoms with Gasteiger partial charge in [-0.05, 0) is 104 Å². The summed E-state index contributed by atoms with van der Waals surface area (Å²) in [5, 5.41) is 9.97. The highest BCUT2D eigenvalue weighted by Crippen LogP contribution is 2.57. The van der Waals surface area contributed by atoms with Crippen LogP contribution < -0.4 is 4.74 Å². The van der Waals surface area contributed by atoms with Crippen molar-refractivity contribution < 1.29 is 9.53 Å². The second-order valence-electron chi connectivity index (χ2n) is 12.0. The van der Waals surface area contributed by atoms with E-state index in [9.17, 15) is 10.1 Å². The molecule has 0 saturated heterocycles. The highest BCUT2D eigenvalue weighted by molar-refractivity contribution is 5.94. The first-order valence-electron chi connectivity index (χ1n) is 14.1. The lowest BCUT2D eigenvalue weighted by Crippen LogP contribution is -2.53. The van der Waals surface area contributed by atoms with E-state index >= 15 is 0 Å². The molecule has 4 saturated carbocycles. The average Bonchev–Trinajstić information content (AvgIpc) is 2.89. The van der Waals surface area contributed by atoms with E-state index in [1.165, 1.54) is 38.5 Å². The van der Waals surface area contributed by atoms with Gasteiger partial charge in [0, 0.05) is 11.6 Å². The number of benzene rings is 2. The van der Waals surface area contributed by atoms with Crippen LogP contribution >= 0.6 is 0 Å². The first kappa shape index (κ1) is 24.1. The molecule has 0 aromatic heterocycles. The maximum absolute atomic E-state index is 13.2. The normalized spacial score (nSPS) is 31.3. The van der Waals surface area contributed by atoms with Crippen molar-refractivity contribution in [2.24, 2.45) is 17.8 Å². The summed E-state index contributed by atoms with van der Waals surface area (Å²) in [6.07, 6.45) is 17.1. The van der Waals surface area contributed by atoms with Gasteiger partial charge in [0.2, 0.25) is 0 Å². The molecule has 7 rings (SSSR count). The lowest BCUT2D eigenvalue weighted by Gasteiger charge is -2.56. The van der Waals surface area contributed by atoms with E-state index in [0.29, 0.717) is 5.56 Å². The standard InChI is InChI=1S/C33H36N2O2/c1-3-5-9-28-17-26-7-6-8-27(21-34)31(26)32(35(28)30(36)4-2)25-10-12-29(13-11-25)37-33-18-22-14-23(19-33)16-24(15-22)20-33/h2,6-8,10-13,22-24,28,32H,3,5,9,14-20H2,1H3/t22?,23?,24?,28-,32?,33?/m0/s1. The number of nitriles is 1. The molecule has 4 heteroatoms. The van der Waals surface area contributed by atoms with Crippen molar-refractivity contribution in [1.82, 2.24) is 4.90 Å². The third-order valence-corrected chi connectivity index (χ3v) is 9.48. The van der Waals surface area contributed by atoms with Crippen LogP contribution in [-0.2, 0) is 11.2 Å². The Balaban J connectivity index is 1.35. The van der Waals surface area contributed by atoms with Crippen LogP contribution in [0.25, 0.3) is 0 Å². The van der Waals surface area contributed by atoms with Crippen molar-refractivity contribution in [3.8, 4) is 24.2 Å². The first-order chi connectivity index (χ1) is 18.0. The number of carbonyl (C=O) groups excluding carboxylic acids is 1. The third-order valence-electron chi connectivity index (χ3n) is 9.48. The summed E-state index contributed by atoms with van der Waals surface area (Å²) in [6.45, 7) is 2.16. The molecule has 190 valence electrons. The van der Waals surface area contributed by atoms with Crippen molar-refractivity contribution in [3.63, 3.8) is 0 Å². The highest BCUT2D eigenvalue weighted by atomic mass is 16.5. The van der Waals surface area contributed by atoms with Gasteiger partial charge in [0.1, 0.15) is 11.4 Å². The smallest absolute Gasteiger partial charge is 0.299 e. The van der Waals surface area contributed by atoms with E-state index in [4.69, 9.17) is 11.2 Å². The molecular weight excluding hydrogens is 456 g/mol. The highest BCUT2D eigenvalue weighted by Gasteiger charge is 2.52. The Morgan fingerprint density at radius 1 is 1.08 bits per heavy atom. The number of ether oxygens (including phenoxy) is 1. The fourth-order valence-electron chi connectivity index (χ4n) is 8.40. The van der Waals surface area contributed by atoms with Crippen LogP contribution in [0.3, 0.4) is 0 Å². The lowest BCUT2D eigenvalue weighted by atomic mass is 9.54. The van der Waals surface area contributed by atoms with Gasteiger partial charge >= 0.3 is 0 Å². The molecule has 4 aliphatic carbocycles. The number of amides is 1. The van der Waals surface area contributed by atoms with E-state index in [-0.39, 0.29) is 23.6 Å².